The van der Waals surface area contributed by atoms with Gasteiger partial charge in [0.25, 0.3) is 0 Å². The molecular weight excluding hydrogens is 124 g/mol. The average molecular weight is 138 g/mol. The minimum atomic E-state index is -0.926. The lowest BCUT2D eigenvalue weighted by atomic mass is 10.5. The highest BCUT2D eigenvalue weighted by Crippen LogP contribution is 2.21. The van der Waals surface area contributed by atoms with Crippen LogP contribution in [0.2, 0.25) is 19.6 Å². The number of rotatable bonds is 1. The molecule has 0 heterocycles. The lowest BCUT2D eigenvalue weighted by molar-refractivity contribution is 1.35. The largest absolute Gasteiger partial charge is 0.0809 e. The Morgan fingerprint density at radius 3 is 2.22 bits per heavy atom. The summed E-state index contributed by atoms with van der Waals surface area (Å²) in [6.45, 7) is 7.18. The molecule has 0 aromatic carbocycles. The molecule has 0 saturated heterocycles. The average Bonchev–Trinajstić information content (AvgIpc) is 2.08. The first-order valence-electron chi connectivity index (χ1n) is 3.47. The van der Waals surface area contributed by atoms with Gasteiger partial charge in [0.05, 0.1) is 8.07 Å². The van der Waals surface area contributed by atoms with Crippen LogP contribution in [0.4, 0.5) is 0 Å². The number of hydrogen-bond acceptors (Lipinski definition) is 0. The zero-order valence-electron chi connectivity index (χ0n) is 6.44. The van der Waals surface area contributed by atoms with Gasteiger partial charge in [-0.3, -0.25) is 0 Å². The molecule has 0 unspecified atom stereocenters. The molecule has 0 aromatic rings. The van der Waals surface area contributed by atoms with Crippen LogP contribution < -0.4 is 0 Å². The Bertz CT molecular complexity index is 158. The molecular formula is C8H14Si. The topological polar surface area (TPSA) is 0 Å². The van der Waals surface area contributed by atoms with Crippen molar-refractivity contribution in [3.8, 4) is 0 Å². The second-order valence-electron chi connectivity index (χ2n) is 3.57. The third-order valence-electron chi connectivity index (χ3n) is 1.73. The summed E-state index contributed by atoms with van der Waals surface area (Å²) in [5.74, 6) is 0. The minimum Gasteiger partial charge on any atom is -0.0809 e. The van der Waals surface area contributed by atoms with Gasteiger partial charge in [-0.15, -0.1) is 0 Å². The molecule has 0 fully saturated rings. The van der Waals surface area contributed by atoms with Gasteiger partial charge in [-0.25, -0.2) is 0 Å². The summed E-state index contributed by atoms with van der Waals surface area (Å²) in [6, 6.07) is 0. The molecule has 0 saturated carbocycles. The molecule has 1 aliphatic carbocycles. The Hall–Kier alpha value is -0.303. The molecule has 0 bridgehead atoms. The van der Waals surface area contributed by atoms with Gasteiger partial charge >= 0.3 is 0 Å². The van der Waals surface area contributed by atoms with Crippen molar-refractivity contribution < 1.29 is 0 Å². The Labute approximate surface area is 58.3 Å². The van der Waals surface area contributed by atoms with E-state index >= 15 is 0 Å². The smallest absolute Gasteiger partial charge is 0.0728 e. The van der Waals surface area contributed by atoms with E-state index in [9.17, 15) is 0 Å². The lowest BCUT2D eigenvalue weighted by Crippen LogP contribution is -2.22. The fourth-order valence-corrected chi connectivity index (χ4v) is 2.33. The zero-order valence-corrected chi connectivity index (χ0v) is 7.44. The highest BCUT2D eigenvalue weighted by atomic mass is 28.3. The van der Waals surface area contributed by atoms with Gasteiger partial charge in [-0.2, -0.15) is 0 Å². The normalized spacial score (nSPS) is 18.3. The van der Waals surface area contributed by atoms with Gasteiger partial charge in [0.2, 0.25) is 0 Å². The molecule has 1 rings (SSSR count). The van der Waals surface area contributed by atoms with Crippen LogP contribution in [-0.4, -0.2) is 8.07 Å². The van der Waals surface area contributed by atoms with Gasteiger partial charge in [0.1, 0.15) is 0 Å². The maximum Gasteiger partial charge on any atom is 0.0728 e. The van der Waals surface area contributed by atoms with E-state index in [2.05, 4.69) is 37.9 Å². The lowest BCUT2D eigenvalue weighted by Gasteiger charge is -2.16. The van der Waals surface area contributed by atoms with E-state index in [1.54, 1.807) is 5.20 Å². The van der Waals surface area contributed by atoms with Crippen molar-refractivity contribution in [3.05, 3.63) is 23.4 Å². The highest BCUT2D eigenvalue weighted by molar-refractivity contribution is 6.83. The number of hydrogen-bond donors (Lipinski definition) is 0. The van der Waals surface area contributed by atoms with Crippen molar-refractivity contribution in [2.45, 2.75) is 26.1 Å². The Kier molecular flexibility index (Phi) is 1.62. The fourth-order valence-electron chi connectivity index (χ4n) is 1.00. The second-order valence-corrected chi connectivity index (χ2v) is 8.72. The van der Waals surface area contributed by atoms with Crippen molar-refractivity contribution in [1.82, 2.24) is 0 Å². The van der Waals surface area contributed by atoms with Crippen molar-refractivity contribution >= 4 is 8.07 Å². The SMILES string of the molecule is C[Si](C)(C)C1=CC=CC1. The molecule has 0 aromatic heterocycles. The zero-order chi connectivity index (χ0) is 6.91. The fraction of sp³-hybridized carbons (Fsp3) is 0.500. The molecule has 0 N–H and O–H groups in total. The van der Waals surface area contributed by atoms with Crippen LogP contribution in [0.25, 0.3) is 0 Å². The molecule has 0 atom stereocenters. The Morgan fingerprint density at radius 1 is 1.33 bits per heavy atom. The van der Waals surface area contributed by atoms with Crippen LogP contribution in [0.3, 0.4) is 0 Å². The summed E-state index contributed by atoms with van der Waals surface area (Å²) in [5.41, 5.74) is 0. The summed E-state index contributed by atoms with van der Waals surface area (Å²) in [5, 5.41) is 1.68. The summed E-state index contributed by atoms with van der Waals surface area (Å²) < 4.78 is 0. The quantitative estimate of drug-likeness (QED) is 0.489. The van der Waals surface area contributed by atoms with Crippen LogP contribution in [0, 0.1) is 0 Å². The summed E-state index contributed by atoms with van der Waals surface area (Å²) in [7, 11) is -0.926. The van der Waals surface area contributed by atoms with E-state index in [1.807, 2.05) is 0 Å². The Balaban J connectivity index is 2.66. The molecule has 9 heavy (non-hydrogen) atoms. The molecule has 0 nitrogen and oxygen atoms in total. The molecule has 1 heteroatoms. The van der Waals surface area contributed by atoms with Crippen LogP contribution >= 0.6 is 0 Å². The molecule has 1 aliphatic rings. The second kappa shape index (κ2) is 2.14. The number of allylic oxidation sites excluding steroid dienone is 4. The first kappa shape index (κ1) is 6.81. The monoisotopic (exact) mass is 138 g/mol. The van der Waals surface area contributed by atoms with Gasteiger partial charge in [-0.05, 0) is 6.42 Å². The molecule has 50 valence electrons. The molecule has 0 radical (unpaired) electrons. The minimum absolute atomic E-state index is 0.926. The predicted octanol–water partition coefficient (Wildman–Crippen LogP) is 2.75. The van der Waals surface area contributed by atoms with Gasteiger partial charge in [0, 0.05) is 0 Å². The van der Waals surface area contributed by atoms with E-state index in [-0.39, 0.29) is 0 Å². The van der Waals surface area contributed by atoms with Gasteiger partial charge < -0.3 is 0 Å². The summed E-state index contributed by atoms with van der Waals surface area (Å²) >= 11 is 0. The van der Waals surface area contributed by atoms with Crippen molar-refractivity contribution in [3.63, 3.8) is 0 Å². The van der Waals surface area contributed by atoms with Gasteiger partial charge in [0.15, 0.2) is 0 Å². The standard InChI is InChI=1S/C8H14Si/c1-9(2,3)8-6-4-5-7-8/h4-6H,7H2,1-3H3. The maximum absolute atomic E-state index is 2.39. The third-order valence-corrected chi connectivity index (χ3v) is 4.03. The van der Waals surface area contributed by atoms with Gasteiger partial charge in [-0.1, -0.05) is 43.1 Å². The first-order chi connectivity index (χ1) is 4.11. The first-order valence-corrected chi connectivity index (χ1v) is 6.97. The van der Waals surface area contributed by atoms with Crippen molar-refractivity contribution in [2.24, 2.45) is 0 Å². The van der Waals surface area contributed by atoms with E-state index in [4.69, 9.17) is 0 Å². The molecule has 0 amide bonds. The Morgan fingerprint density at radius 2 is 2.00 bits per heavy atom. The summed E-state index contributed by atoms with van der Waals surface area (Å²) in [4.78, 5) is 0. The highest BCUT2D eigenvalue weighted by Gasteiger charge is 2.18. The van der Waals surface area contributed by atoms with E-state index in [0.717, 1.165) is 0 Å². The molecule has 0 spiro atoms. The third kappa shape index (κ3) is 1.55. The van der Waals surface area contributed by atoms with Crippen LogP contribution in [0.15, 0.2) is 23.4 Å². The van der Waals surface area contributed by atoms with Crippen LogP contribution in [0.1, 0.15) is 6.42 Å². The van der Waals surface area contributed by atoms with E-state index in [1.165, 1.54) is 6.42 Å². The van der Waals surface area contributed by atoms with Crippen molar-refractivity contribution in [1.29, 1.82) is 0 Å². The van der Waals surface area contributed by atoms with Crippen LogP contribution in [0.5, 0.6) is 0 Å². The summed E-state index contributed by atoms with van der Waals surface area (Å²) in [6.07, 6.45) is 7.92. The van der Waals surface area contributed by atoms with E-state index < -0.39 is 8.07 Å². The predicted molar refractivity (Wildman–Crippen MR) is 45.2 cm³/mol. The van der Waals surface area contributed by atoms with Crippen LogP contribution in [-0.2, 0) is 0 Å². The maximum atomic E-state index is 2.39. The van der Waals surface area contributed by atoms with E-state index in [0.29, 0.717) is 0 Å². The van der Waals surface area contributed by atoms with Crippen molar-refractivity contribution in [2.75, 3.05) is 0 Å². The molecule has 0 aliphatic heterocycles.